The van der Waals surface area contributed by atoms with E-state index in [0.717, 1.165) is 13.0 Å². The molecular weight excluding hydrogens is 280 g/mol. The second-order valence-corrected chi connectivity index (χ2v) is 5.34. The molecule has 0 radical (unpaired) electrons. The van der Waals surface area contributed by atoms with E-state index in [4.69, 9.17) is 5.11 Å². The number of rotatable bonds is 6. The number of aliphatic carboxylic acids is 1. The minimum atomic E-state index is -2.85. The molecule has 0 spiro atoms. The Morgan fingerprint density at radius 1 is 1.48 bits per heavy atom. The number of carboxylic acids is 1. The SMILES string of the molecule is CC(c1ccccc1OC(F)F)N1CCC(CC(=O)O)C1. The summed E-state index contributed by atoms with van der Waals surface area (Å²) in [6.45, 7) is 0.506. The number of carboxylic acid groups (broad SMARTS) is 1. The zero-order valence-electron chi connectivity index (χ0n) is 11.8. The van der Waals surface area contributed by atoms with E-state index < -0.39 is 12.6 Å². The highest BCUT2D eigenvalue weighted by molar-refractivity contribution is 5.67. The van der Waals surface area contributed by atoms with Gasteiger partial charge in [0.1, 0.15) is 5.75 Å². The molecule has 1 aliphatic heterocycles. The van der Waals surface area contributed by atoms with Gasteiger partial charge in [-0.2, -0.15) is 8.78 Å². The van der Waals surface area contributed by atoms with Crippen molar-refractivity contribution >= 4 is 5.97 Å². The van der Waals surface area contributed by atoms with E-state index in [1.165, 1.54) is 6.07 Å². The Labute approximate surface area is 122 Å². The fourth-order valence-electron chi connectivity index (χ4n) is 2.85. The molecule has 116 valence electrons. The van der Waals surface area contributed by atoms with Crippen molar-refractivity contribution in [2.75, 3.05) is 13.1 Å². The first kappa shape index (κ1) is 15.7. The first-order valence-electron chi connectivity index (χ1n) is 6.97. The third kappa shape index (κ3) is 4.14. The fourth-order valence-corrected chi connectivity index (χ4v) is 2.85. The van der Waals surface area contributed by atoms with Gasteiger partial charge in [0.25, 0.3) is 0 Å². The summed E-state index contributed by atoms with van der Waals surface area (Å²) in [5.41, 5.74) is 0.703. The van der Waals surface area contributed by atoms with Crippen LogP contribution in [0.2, 0.25) is 0 Å². The van der Waals surface area contributed by atoms with Crippen molar-refractivity contribution < 1.29 is 23.4 Å². The lowest BCUT2D eigenvalue weighted by molar-refractivity contribution is -0.138. The molecular formula is C15H19F2NO3. The van der Waals surface area contributed by atoms with Crippen LogP contribution in [0.25, 0.3) is 0 Å². The minimum absolute atomic E-state index is 0.0845. The lowest BCUT2D eigenvalue weighted by atomic mass is 10.0. The van der Waals surface area contributed by atoms with Crippen LogP contribution in [0.1, 0.15) is 31.4 Å². The van der Waals surface area contributed by atoms with Crippen LogP contribution in [0.15, 0.2) is 24.3 Å². The molecule has 2 rings (SSSR count). The van der Waals surface area contributed by atoms with E-state index in [0.29, 0.717) is 12.1 Å². The number of carbonyl (C=O) groups is 1. The Balaban J connectivity index is 2.07. The zero-order chi connectivity index (χ0) is 15.4. The smallest absolute Gasteiger partial charge is 0.387 e. The highest BCUT2D eigenvalue weighted by atomic mass is 19.3. The molecule has 1 aliphatic rings. The highest BCUT2D eigenvalue weighted by Crippen LogP contribution is 2.34. The van der Waals surface area contributed by atoms with Crippen LogP contribution in [0.5, 0.6) is 5.75 Å². The molecule has 0 amide bonds. The molecule has 2 unspecified atom stereocenters. The Morgan fingerprint density at radius 3 is 2.86 bits per heavy atom. The molecule has 0 saturated carbocycles. The minimum Gasteiger partial charge on any atom is -0.481 e. The van der Waals surface area contributed by atoms with Gasteiger partial charge in [0, 0.05) is 24.6 Å². The van der Waals surface area contributed by atoms with Crippen LogP contribution >= 0.6 is 0 Å². The van der Waals surface area contributed by atoms with Crippen molar-refractivity contribution in [1.82, 2.24) is 4.90 Å². The van der Waals surface area contributed by atoms with Crippen molar-refractivity contribution in [3.8, 4) is 5.75 Å². The molecule has 1 fully saturated rings. The number of alkyl halides is 2. The summed E-state index contributed by atoms with van der Waals surface area (Å²) < 4.78 is 29.5. The van der Waals surface area contributed by atoms with Gasteiger partial charge in [-0.3, -0.25) is 9.69 Å². The lowest BCUT2D eigenvalue weighted by Crippen LogP contribution is -2.25. The number of likely N-dealkylation sites (tertiary alicyclic amines) is 1. The summed E-state index contributed by atoms with van der Waals surface area (Å²) in [5.74, 6) is -0.495. The van der Waals surface area contributed by atoms with Gasteiger partial charge >= 0.3 is 12.6 Å². The third-order valence-corrected chi connectivity index (χ3v) is 3.91. The molecule has 2 atom stereocenters. The summed E-state index contributed by atoms with van der Waals surface area (Å²) in [4.78, 5) is 12.9. The maximum absolute atomic E-state index is 12.4. The monoisotopic (exact) mass is 299 g/mol. The topological polar surface area (TPSA) is 49.8 Å². The second-order valence-electron chi connectivity index (χ2n) is 5.34. The summed E-state index contributed by atoms with van der Waals surface area (Å²) in [5, 5.41) is 8.84. The Hall–Kier alpha value is -1.69. The maximum Gasteiger partial charge on any atom is 0.387 e. The van der Waals surface area contributed by atoms with E-state index in [2.05, 4.69) is 9.64 Å². The predicted octanol–water partition coefficient (Wildman–Crippen LogP) is 3.15. The number of para-hydroxylation sites is 1. The van der Waals surface area contributed by atoms with Crippen LogP contribution in [0.4, 0.5) is 8.78 Å². The first-order chi connectivity index (χ1) is 9.97. The molecule has 0 bridgehead atoms. The average molecular weight is 299 g/mol. The Bertz CT molecular complexity index is 496. The standard InChI is InChI=1S/C15H19F2NO3/c1-10(18-7-6-11(9-18)8-14(19)20)12-4-2-3-5-13(12)21-15(16)17/h2-5,10-11,15H,6-9H2,1H3,(H,19,20). The average Bonchev–Trinajstić information content (AvgIpc) is 2.85. The first-order valence-corrected chi connectivity index (χ1v) is 6.97. The Morgan fingerprint density at radius 2 is 2.19 bits per heavy atom. The van der Waals surface area contributed by atoms with Crippen molar-refractivity contribution in [3.05, 3.63) is 29.8 Å². The molecule has 21 heavy (non-hydrogen) atoms. The molecule has 0 aliphatic carbocycles. The summed E-state index contributed by atoms with van der Waals surface area (Å²) >= 11 is 0. The van der Waals surface area contributed by atoms with Gasteiger partial charge < -0.3 is 9.84 Å². The molecule has 1 saturated heterocycles. The molecule has 1 N–H and O–H groups in total. The molecule has 0 aromatic heterocycles. The van der Waals surface area contributed by atoms with E-state index in [9.17, 15) is 13.6 Å². The molecule has 1 heterocycles. The second kappa shape index (κ2) is 6.85. The maximum atomic E-state index is 12.4. The molecule has 1 aromatic rings. The lowest BCUT2D eigenvalue weighted by Gasteiger charge is -2.26. The number of benzene rings is 1. The summed E-state index contributed by atoms with van der Waals surface area (Å²) in [6.07, 6.45) is 0.965. The molecule has 6 heteroatoms. The van der Waals surface area contributed by atoms with Crippen LogP contribution in [0, 0.1) is 5.92 Å². The number of halogens is 2. The van der Waals surface area contributed by atoms with Gasteiger partial charge in [-0.1, -0.05) is 18.2 Å². The van der Waals surface area contributed by atoms with Crippen LogP contribution < -0.4 is 4.74 Å². The van der Waals surface area contributed by atoms with Gasteiger partial charge in [-0.05, 0) is 31.9 Å². The van der Waals surface area contributed by atoms with E-state index in [1.807, 2.05) is 6.92 Å². The van der Waals surface area contributed by atoms with Crippen LogP contribution in [-0.4, -0.2) is 35.7 Å². The van der Waals surface area contributed by atoms with Crippen molar-refractivity contribution in [2.24, 2.45) is 5.92 Å². The van der Waals surface area contributed by atoms with Crippen molar-refractivity contribution in [2.45, 2.75) is 32.4 Å². The number of hydrogen-bond donors (Lipinski definition) is 1. The van der Waals surface area contributed by atoms with Gasteiger partial charge in [0.2, 0.25) is 0 Å². The van der Waals surface area contributed by atoms with Gasteiger partial charge in [-0.15, -0.1) is 0 Å². The highest BCUT2D eigenvalue weighted by Gasteiger charge is 2.29. The Kier molecular flexibility index (Phi) is 5.12. The number of hydrogen-bond acceptors (Lipinski definition) is 3. The number of ether oxygens (including phenoxy) is 1. The number of nitrogens with zero attached hydrogens (tertiary/aromatic N) is 1. The van der Waals surface area contributed by atoms with E-state index >= 15 is 0 Å². The van der Waals surface area contributed by atoms with Crippen molar-refractivity contribution in [3.63, 3.8) is 0 Å². The van der Waals surface area contributed by atoms with Gasteiger partial charge in [0.15, 0.2) is 0 Å². The molecule has 1 aromatic carbocycles. The largest absolute Gasteiger partial charge is 0.481 e. The quantitative estimate of drug-likeness (QED) is 0.876. The third-order valence-electron chi connectivity index (χ3n) is 3.91. The predicted molar refractivity (Wildman–Crippen MR) is 73.4 cm³/mol. The fraction of sp³-hybridized carbons (Fsp3) is 0.533. The zero-order valence-corrected chi connectivity index (χ0v) is 11.8. The van der Waals surface area contributed by atoms with Crippen LogP contribution in [0.3, 0.4) is 0 Å². The van der Waals surface area contributed by atoms with Crippen molar-refractivity contribution in [1.29, 1.82) is 0 Å². The molecule has 4 nitrogen and oxygen atoms in total. The van der Waals surface area contributed by atoms with Gasteiger partial charge in [-0.25, -0.2) is 0 Å². The van der Waals surface area contributed by atoms with Crippen LogP contribution in [-0.2, 0) is 4.79 Å². The van der Waals surface area contributed by atoms with E-state index in [1.54, 1.807) is 18.2 Å². The summed E-state index contributed by atoms with van der Waals surface area (Å²) in [7, 11) is 0. The van der Waals surface area contributed by atoms with E-state index in [-0.39, 0.29) is 24.1 Å². The van der Waals surface area contributed by atoms with Gasteiger partial charge in [0.05, 0.1) is 0 Å². The normalized spacial score (nSPS) is 20.7. The summed E-state index contributed by atoms with van der Waals surface area (Å²) in [6, 6.07) is 6.66.